The molecule has 2 aromatic carbocycles. The lowest BCUT2D eigenvalue weighted by Gasteiger charge is -2.37. The maximum atomic E-state index is 12.7. The number of hydrogen-bond acceptors (Lipinski definition) is 3. The molecule has 2 N–H and O–H groups in total. The van der Waals surface area contributed by atoms with Crippen LogP contribution < -0.4 is 5.32 Å². The highest BCUT2D eigenvalue weighted by atomic mass is 16.4. The number of anilines is 1. The van der Waals surface area contributed by atoms with E-state index in [1.54, 1.807) is 29.2 Å². The van der Waals surface area contributed by atoms with Crippen LogP contribution in [0, 0.1) is 0 Å². The van der Waals surface area contributed by atoms with Gasteiger partial charge in [-0.2, -0.15) is 0 Å². The molecular weight excluding hydrogens is 292 g/mol. The lowest BCUT2D eigenvalue weighted by atomic mass is 10.0. The molecule has 1 heterocycles. The highest BCUT2D eigenvalue weighted by Crippen LogP contribution is 2.32. The fraction of sp³-hybridized carbons (Fsp3) is 0.111. The second kappa shape index (κ2) is 5.96. The first-order chi connectivity index (χ1) is 11.1. The first-order valence-corrected chi connectivity index (χ1v) is 7.22. The minimum Gasteiger partial charge on any atom is -0.478 e. The smallest absolute Gasteiger partial charge is 0.335 e. The van der Waals surface area contributed by atoms with Crippen molar-refractivity contribution < 1.29 is 14.7 Å². The monoisotopic (exact) mass is 308 g/mol. The number of benzene rings is 2. The lowest BCUT2D eigenvalue weighted by Crippen LogP contribution is -2.42. The van der Waals surface area contributed by atoms with Crippen molar-refractivity contribution in [3.63, 3.8) is 0 Å². The Kier molecular flexibility index (Phi) is 3.85. The van der Waals surface area contributed by atoms with Gasteiger partial charge in [0, 0.05) is 12.2 Å². The van der Waals surface area contributed by atoms with E-state index in [0.29, 0.717) is 12.1 Å². The summed E-state index contributed by atoms with van der Waals surface area (Å²) < 4.78 is 0. The number of nitrogens with one attached hydrogen (secondary N) is 1. The number of carboxylic acids is 1. The SMILES string of the molecule is C=CCN1C(=O)c2ccccc2N[C@H]1c1ccc(C(=O)O)cc1. The van der Waals surface area contributed by atoms with Gasteiger partial charge in [-0.25, -0.2) is 4.79 Å². The van der Waals surface area contributed by atoms with Gasteiger partial charge in [-0.05, 0) is 29.8 Å². The van der Waals surface area contributed by atoms with E-state index >= 15 is 0 Å². The molecule has 0 bridgehead atoms. The summed E-state index contributed by atoms with van der Waals surface area (Å²) in [7, 11) is 0. The third-order valence-electron chi connectivity index (χ3n) is 3.82. The zero-order chi connectivity index (χ0) is 16.4. The molecule has 116 valence electrons. The Bertz CT molecular complexity index is 768. The summed E-state index contributed by atoms with van der Waals surface area (Å²) in [5.41, 5.74) is 2.42. The van der Waals surface area contributed by atoms with Crippen molar-refractivity contribution in [2.45, 2.75) is 6.17 Å². The average Bonchev–Trinajstić information content (AvgIpc) is 2.57. The molecule has 1 aliphatic heterocycles. The number of aromatic carboxylic acids is 1. The third-order valence-corrected chi connectivity index (χ3v) is 3.82. The Labute approximate surface area is 133 Å². The zero-order valence-electron chi connectivity index (χ0n) is 12.4. The summed E-state index contributed by atoms with van der Waals surface area (Å²) in [6.45, 7) is 4.11. The number of nitrogens with zero attached hydrogens (tertiary/aromatic N) is 1. The number of carboxylic acid groups (broad SMARTS) is 1. The first-order valence-electron chi connectivity index (χ1n) is 7.22. The van der Waals surface area contributed by atoms with Gasteiger partial charge in [-0.1, -0.05) is 30.3 Å². The van der Waals surface area contributed by atoms with Crippen molar-refractivity contribution in [3.8, 4) is 0 Å². The van der Waals surface area contributed by atoms with E-state index in [0.717, 1.165) is 11.3 Å². The van der Waals surface area contributed by atoms with Gasteiger partial charge in [0.25, 0.3) is 5.91 Å². The van der Waals surface area contributed by atoms with Crippen molar-refractivity contribution in [2.24, 2.45) is 0 Å². The number of fused-ring (bicyclic) bond motifs is 1. The van der Waals surface area contributed by atoms with Crippen molar-refractivity contribution >= 4 is 17.6 Å². The Morgan fingerprint density at radius 2 is 1.91 bits per heavy atom. The summed E-state index contributed by atoms with van der Waals surface area (Å²) in [6, 6.07) is 13.9. The number of carbonyl (C=O) groups is 2. The van der Waals surface area contributed by atoms with Crippen molar-refractivity contribution in [2.75, 3.05) is 11.9 Å². The highest BCUT2D eigenvalue weighted by Gasteiger charge is 2.31. The molecule has 0 saturated carbocycles. The predicted molar refractivity (Wildman–Crippen MR) is 87.4 cm³/mol. The van der Waals surface area contributed by atoms with Gasteiger partial charge in [0.05, 0.1) is 11.1 Å². The topological polar surface area (TPSA) is 69.6 Å². The van der Waals surface area contributed by atoms with E-state index in [2.05, 4.69) is 11.9 Å². The fourth-order valence-corrected chi connectivity index (χ4v) is 2.69. The molecule has 1 aliphatic rings. The van der Waals surface area contributed by atoms with Crippen LogP contribution in [0.3, 0.4) is 0 Å². The van der Waals surface area contributed by atoms with Gasteiger partial charge in [-0.3, -0.25) is 4.79 Å². The van der Waals surface area contributed by atoms with Gasteiger partial charge < -0.3 is 15.3 Å². The Balaban J connectivity index is 2.01. The zero-order valence-corrected chi connectivity index (χ0v) is 12.4. The number of hydrogen-bond donors (Lipinski definition) is 2. The average molecular weight is 308 g/mol. The molecule has 5 nitrogen and oxygen atoms in total. The van der Waals surface area contributed by atoms with Crippen molar-refractivity contribution in [1.82, 2.24) is 4.90 Å². The molecule has 1 atom stereocenters. The molecule has 0 fully saturated rings. The largest absolute Gasteiger partial charge is 0.478 e. The van der Waals surface area contributed by atoms with Crippen LogP contribution in [0.4, 0.5) is 5.69 Å². The van der Waals surface area contributed by atoms with Crippen LogP contribution in [0.2, 0.25) is 0 Å². The third kappa shape index (κ3) is 2.68. The molecular formula is C18H16N2O3. The van der Waals surface area contributed by atoms with Crippen LogP contribution in [-0.2, 0) is 0 Å². The van der Waals surface area contributed by atoms with E-state index in [1.807, 2.05) is 18.2 Å². The quantitative estimate of drug-likeness (QED) is 0.851. The summed E-state index contributed by atoms with van der Waals surface area (Å²) in [5, 5.41) is 12.3. The summed E-state index contributed by atoms with van der Waals surface area (Å²) in [6.07, 6.45) is 1.31. The fourth-order valence-electron chi connectivity index (χ4n) is 2.69. The molecule has 5 heteroatoms. The van der Waals surface area contributed by atoms with Gasteiger partial charge in [-0.15, -0.1) is 6.58 Å². The standard InChI is InChI=1S/C18H16N2O3/c1-2-11-20-16(12-7-9-13(10-8-12)18(22)23)19-15-6-4-3-5-14(15)17(20)21/h2-10,16,19H,1,11H2,(H,22,23)/t16-/m1/s1. The second-order valence-corrected chi connectivity index (χ2v) is 5.27. The Morgan fingerprint density at radius 1 is 1.22 bits per heavy atom. The van der Waals surface area contributed by atoms with Crippen LogP contribution in [-0.4, -0.2) is 28.4 Å². The van der Waals surface area contributed by atoms with E-state index in [1.165, 1.54) is 12.1 Å². The minimum absolute atomic E-state index is 0.0773. The number of carbonyl (C=O) groups excluding carboxylic acids is 1. The lowest BCUT2D eigenvalue weighted by molar-refractivity contribution is 0.0688. The van der Waals surface area contributed by atoms with Crippen LogP contribution in [0.15, 0.2) is 61.2 Å². The molecule has 0 saturated heterocycles. The van der Waals surface area contributed by atoms with Gasteiger partial charge in [0.1, 0.15) is 6.17 Å². The summed E-state index contributed by atoms with van der Waals surface area (Å²) in [4.78, 5) is 25.4. The van der Waals surface area contributed by atoms with E-state index in [9.17, 15) is 9.59 Å². The molecule has 0 spiro atoms. The van der Waals surface area contributed by atoms with Crippen molar-refractivity contribution in [1.29, 1.82) is 0 Å². The Morgan fingerprint density at radius 3 is 2.57 bits per heavy atom. The maximum absolute atomic E-state index is 12.7. The molecule has 0 aliphatic carbocycles. The molecule has 0 radical (unpaired) electrons. The Hall–Kier alpha value is -3.08. The normalized spacial score (nSPS) is 16.4. The molecule has 0 unspecified atom stereocenters. The first kappa shape index (κ1) is 14.8. The van der Waals surface area contributed by atoms with Crippen molar-refractivity contribution in [3.05, 3.63) is 77.9 Å². The molecule has 1 amide bonds. The maximum Gasteiger partial charge on any atom is 0.335 e. The number of rotatable bonds is 4. The van der Waals surface area contributed by atoms with E-state index in [4.69, 9.17) is 5.11 Å². The molecule has 3 rings (SSSR count). The number of para-hydroxylation sites is 1. The molecule has 2 aromatic rings. The summed E-state index contributed by atoms with van der Waals surface area (Å²) >= 11 is 0. The number of amides is 1. The van der Waals surface area contributed by atoms with Gasteiger partial charge in [0.2, 0.25) is 0 Å². The minimum atomic E-state index is -0.975. The highest BCUT2D eigenvalue weighted by molar-refractivity contribution is 6.01. The van der Waals surface area contributed by atoms with Crippen LogP contribution >= 0.6 is 0 Å². The van der Waals surface area contributed by atoms with Crippen LogP contribution in [0.25, 0.3) is 0 Å². The van der Waals surface area contributed by atoms with E-state index < -0.39 is 5.97 Å². The van der Waals surface area contributed by atoms with Gasteiger partial charge in [0.15, 0.2) is 0 Å². The molecule has 23 heavy (non-hydrogen) atoms. The predicted octanol–water partition coefficient (Wildman–Crippen LogP) is 3.14. The van der Waals surface area contributed by atoms with E-state index in [-0.39, 0.29) is 17.6 Å². The van der Waals surface area contributed by atoms with Crippen LogP contribution in [0.1, 0.15) is 32.4 Å². The summed E-state index contributed by atoms with van der Waals surface area (Å²) in [5.74, 6) is -1.05. The molecule has 0 aromatic heterocycles. The second-order valence-electron chi connectivity index (χ2n) is 5.27. The van der Waals surface area contributed by atoms with Crippen LogP contribution in [0.5, 0.6) is 0 Å². The van der Waals surface area contributed by atoms with Gasteiger partial charge >= 0.3 is 5.97 Å².